The van der Waals surface area contributed by atoms with Crippen molar-refractivity contribution in [2.75, 3.05) is 0 Å². The van der Waals surface area contributed by atoms with Crippen molar-refractivity contribution in [1.29, 1.82) is 0 Å². The van der Waals surface area contributed by atoms with E-state index in [1.54, 1.807) is 0 Å². The summed E-state index contributed by atoms with van der Waals surface area (Å²) in [4.78, 5) is 0. The number of aryl methyl sites for hydroxylation is 1. The van der Waals surface area contributed by atoms with Crippen LogP contribution in [0.3, 0.4) is 0 Å². The number of para-hydroxylation sites is 1. The van der Waals surface area contributed by atoms with Gasteiger partial charge in [0.2, 0.25) is 0 Å². The van der Waals surface area contributed by atoms with E-state index in [4.69, 9.17) is 0 Å². The van der Waals surface area contributed by atoms with Crippen molar-refractivity contribution >= 4 is 64.1 Å². The molecule has 0 aliphatic carbocycles. The first kappa shape index (κ1) is 17.1. The van der Waals surface area contributed by atoms with E-state index in [0.717, 1.165) is 0 Å². The third kappa shape index (κ3) is 2.43. The monoisotopic (exact) mass is 413 g/mol. The molecule has 7 aromatic rings. The molecule has 5 aromatic carbocycles. The Bertz CT molecular complexity index is 1800. The Hall–Kier alpha value is -3.62. The highest BCUT2D eigenvalue weighted by molar-refractivity contribution is 7.25. The van der Waals surface area contributed by atoms with Crippen LogP contribution >= 0.6 is 11.3 Å². The summed E-state index contributed by atoms with van der Waals surface area (Å²) in [6.45, 7) is 2.17. The molecule has 0 saturated carbocycles. The molecule has 0 saturated heterocycles. The maximum Gasteiger partial charge on any atom is 0.0547 e. The number of hydrogen-bond acceptors (Lipinski definition) is 1. The molecule has 0 unspecified atom stereocenters. The fourth-order valence-electron chi connectivity index (χ4n) is 4.95. The molecule has 0 spiro atoms. The van der Waals surface area contributed by atoms with Gasteiger partial charge in [0.1, 0.15) is 0 Å². The summed E-state index contributed by atoms with van der Waals surface area (Å²) >= 11 is 1.88. The summed E-state index contributed by atoms with van der Waals surface area (Å²) in [7, 11) is 0. The van der Waals surface area contributed by atoms with Crippen molar-refractivity contribution in [2.24, 2.45) is 0 Å². The molecule has 0 N–H and O–H groups in total. The van der Waals surface area contributed by atoms with E-state index in [0.29, 0.717) is 0 Å². The van der Waals surface area contributed by atoms with Crippen molar-refractivity contribution < 1.29 is 0 Å². The van der Waals surface area contributed by atoms with Crippen molar-refractivity contribution in [3.8, 4) is 5.69 Å². The zero-order valence-corrected chi connectivity index (χ0v) is 17.9. The highest BCUT2D eigenvalue weighted by Gasteiger charge is 2.14. The molecule has 2 heterocycles. The number of rotatable bonds is 1. The number of hydrogen-bond donors (Lipinski definition) is 0. The van der Waals surface area contributed by atoms with E-state index >= 15 is 0 Å². The van der Waals surface area contributed by atoms with E-state index < -0.39 is 0 Å². The Morgan fingerprint density at radius 2 is 1.35 bits per heavy atom. The Morgan fingerprint density at radius 3 is 2.26 bits per heavy atom. The van der Waals surface area contributed by atoms with Gasteiger partial charge >= 0.3 is 0 Å². The number of fused-ring (bicyclic) bond motifs is 7. The van der Waals surface area contributed by atoms with Gasteiger partial charge in [0.15, 0.2) is 0 Å². The van der Waals surface area contributed by atoms with E-state index in [9.17, 15) is 0 Å². The van der Waals surface area contributed by atoms with Gasteiger partial charge in [-0.15, -0.1) is 11.3 Å². The third-order valence-corrected chi connectivity index (χ3v) is 7.54. The lowest BCUT2D eigenvalue weighted by Crippen LogP contribution is -1.93. The molecule has 0 radical (unpaired) electrons. The van der Waals surface area contributed by atoms with E-state index in [-0.39, 0.29) is 0 Å². The second-order valence-electron chi connectivity index (χ2n) is 8.35. The minimum absolute atomic E-state index is 1.22. The fraction of sp³-hybridized carbons (Fsp3) is 0.0345. The first-order chi connectivity index (χ1) is 15.3. The predicted octanol–water partition coefficient (Wildman–Crippen LogP) is 8.61. The van der Waals surface area contributed by atoms with Gasteiger partial charge in [-0.3, -0.25) is 0 Å². The smallest absolute Gasteiger partial charge is 0.0547 e. The quantitative estimate of drug-likeness (QED) is 0.254. The predicted molar refractivity (Wildman–Crippen MR) is 136 cm³/mol. The van der Waals surface area contributed by atoms with Gasteiger partial charge in [-0.1, -0.05) is 60.2 Å². The molecule has 0 fully saturated rings. The zero-order chi connectivity index (χ0) is 20.5. The normalized spacial score (nSPS) is 12.0. The summed E-state index contributed by atoms with van der Waals surface area (Å²) in [5.74, 6) is 0. The Labute approximate surface area is 183 Å². The molecule has 2 aromatic heterocycles. The van der Waals surface area contributed by atoms with Crippen molar-refractivity contribution in [3.05, 3.63) is 103 Å². The second kappa shape index (κ2) is 6.19. The average Bonchev–Trinajstić information content (AvgIpc) is 3.32. The maximum absolute atomic E-state index is 2.42. The van der Waals surface area contributed by atoms with Gasteiger partial charge < -0.3 is 4.57 Å². The van der Waals surface area contributed by atoms with Gasteiger partial charge in [0.25, 0.3) is 0 Å². The van der Waals surface area contributed by atoms with Gasteiger partial charge in [0.05, 0.1) is 11.0 Å². The minimum Gasteiger partial charge on any atom is -0.309 e. The lowest BCUT2D eigenvalue weighted by atomic mass is 10.1. The molecule has 2 heteroatoms. The summed E-state index contributed by atoms with van der Waals surface area (Å²) in [6.07, 6.45) is 0. The summed E-state index contributed by atoms with van der Waals surface area (Å²) in [5, 5.41) is 7.88. The van der Waals surface area contributed by atoms with Crippen LogP contribution in [0.1, 0.15) is 5.56 Å². The number of aromatic nitrogens is 1. The first-order valence-electron chi connectivity index (χ1n) is 10.6. The molecule has 0 aliphatic rings. The van der Waals surface area contributed by atoms with Crippen LogP contribution in [0.2, 0.25) is 0 Å². The van der Waals surface area contributed by atoms with Crippen LogP contribution in [0, 0.1) is 6.92 Å². The molecule has 0 amide bonds. The van der Waals surface area contributed by atoms with Gasteiger partial charge in [-0.05, 0) is 60.2 Å². The summed E-state index contributed by atoms with van der Waals surface area (Å²) in [6, 6.07) is 35.8. The first-order valence-corrected chi connectivity index (χ1v) is 11.4. The molecule has 7 rings (SSSR count). The van der Waals surface area contributed by atoms with E-state index in [2.05, 4.69) is 109 Å². The lowest BCUT2D eigenvalue weighted by Gasteiger charge is -2.09. The molecule has 31 heavy (non-hydrogen) atoms. The topological polar surface area (TPSA) is 4.93 Å². The van der Waals surface area contributed by atoms with Crippen LogP contribution in [0.5, 0.6) is 0 Å². The lowest BCUT2D eigenvalue weighted by molar-refractivity contribution is 1.19. The molecular weight excluding hydrogens is 394 g/mol. The van der Waals surface area contributed by atoms with Crippen LogP contribution in [0.4, 0.5) is 0 Å². The van der Waals surface area contributed by atoms with Crippen molar-refractivity contribution in [1.82, 2.24) is 4.57 Å². The standard InChI is InChI=1S/C29H19NS/c1-18-10-13-28-25(14-18)23-12-11-21(17-29(23)31-28)30-26-9-5-4-8-22(26)24-15-19-6-2-3-7-20(19)16-27(24)30/h2-17H,1H3. The maximum atomic E-state index is 2.42. The number of benzene rings is 5. The summed E-state index contributed by atoms with van der Waals surface area (Å²) in [5.41, 5.74) is 5.04. The van der Waals surface area contributed by atoms with Gasteiger partial charge in [-0.2, -0.15) is 0 Å². The highest BCUT2D eigenvalue weighted by atomic mass is 32.1. The van der Waals surface area contributed by atoms with Crippen molar-refractivity contribution in [3.63, 3.8) is 0 Å². The second-order valence-corrected chi connectivity index (χ2v) is 9.43. The summed E-state index contributed by atoms with van der Waals surface area (Å²) < 4.78 is 5.11. The highest BCUT2D eigenvalue weighted by Crippen LogP contribution is 2.38. The largest absolute Gasteiger partial charge is 0.309 e. The number of nitrogens with zero attached hydrogens (tertiary/aromatic N) is 1. The van der Waals surface area contributed by atoms with Gasteiger partial charge in [-0.25, -0.2) is 0 Å². The van der Waals surface area contributed by atoms with Crippen molar-refractivity contribution in [2.45, 2.75) is 6.92 Å². The van der Waals surface area contributed by atoms with E-state index in [1.165, 1.54) is 64.0 Å². The molecule has 146 valence electrons. The number of thiophene rings is 1. The fourth-order valence-corrected chi connectivity index (χ4v) is 6.07. The Kier molecular flexibility index (Phi) is 3.42. The van der Waals surface area contributed by atoms with Crippen LogP contribution in [-0.4, -0.2) is 4.57 Å². The molecule has 0 atom stereocenters. The average molecular weight is 414 g/mol. The third-order valence-electron chi connectivity index (χ3n) is 6.41. The molecule has 1 nitrogen and oxygen atoms in total. The van der Waals surface area contributed by atoms with Crippen LogP contribution in [-0.2, 0) is 0 Å². The molecule has 0 aliphatic heterocycles. The van der Waals surface area contributed by atoms with E-state index in [1.807, 2.05) is 11.3 Å². The van der Waals surface area contributed by atoms with Crippen LogP contribution < -0.4 is 0 Å². The Morgan fingerprint density at radius 1 is 0.548 bits per heavy atom. The minimum atomic E-state index is 1.22. The Balaban J connectivity index is 1.59. The van der Waals surface area contributed by atoms with Crippen LogP contribution in [0.15, 0.2) is 97.1 Å². The molecule has 0 bridgehead atoms. The zero-order valence-electron chi connectivity index (χ0n) is 17.1. The SMILES string of the molecule is Cc1ccc2sc3cc(-n4c5ccccc5c5cc6ccccc6cc54)ccc3c2c1. The van der Waals surface area contributed by atoms with Crippen LogP contribution in [0.25, 0.3) is 58.4 Å². The van der Waals surface area contributed by atoms with Gasteiger partial charge in [0, 0.05) is 36.6 Å². The molecular formula is C29H19NS.